The van der Waals surface area contributed by atoms with Crippen LogP contribution in [0.4, 0.5) is 0 Å². The summed E-state index contributed by atoms with van der Waals surface area (Å²) in [5, 5.41) is 12.1. The molecule has 0 saturated heterocycles. The second-order valence-electron chi connectivity index (χ2n) is 4.14. The van der Waals surface area contributed by atoms with Crippen LogP contribution in [0, 0.1) is 6.92 Å². The molecule has 0 bridgehead atoms. The number of aliphatic imine (C=N–C) groups is 1. The van der Waals surface area contributed by atoms with E-state index < -0.39 is 5.97 Å². The summed E-state index contributed by atoms with van der Waals surface area (Å²) in [4.78, 5) is 17.0. The number of carbonyl (C=O) groups excluding carboxylic acids is 1. The highest BCUT2D eigenvalue weighted by molar-refractivity contribution is 7.11. The van der Waals surface area contributed by atoms with Gasteiger partial charge in [0.05, 0.1) is 12.3 Å². The van der Waals surface area contributed by atoms with E-state index in [-0.39, 0.29) is 17.9 Å². The Hall–Kier alpha value is -1.88. The molecule has 19 heavy (non-hydrogen) atoms. The highest BCUT2D eigenvalue weighted by atomic mass is 32.1. The Morgan fingerprint density at radius 2 is 2.26 bits per heavy atom. The fourth-order valence-electron chi connectivity index (χ4n) is 1.79. The first-order chi connectivity index (χ1) is 9.04. The van der Waals surface area contributed by atoms with Gasteiger partial charge >= 0.3 is 5.97 Å². The van der Waals surface area contributed by atoms with Crippen LogP contribution < -0.4 is 0 Å². The molecule has 0 unspecified atom stereocenters. The van der Waals surface area contributed by atoms with E-state index in [4.69, 9.17) is 4.74 Å². The maximum absolute atomic E-state index is 11.7. The fourth-order valence-corrected chi connectivity index (χ4v) is 2.65. The third-order valence-electron chi connectivity index (χ3n) is 2.78. The molecule has 0 spiro atoms. The summed E-state index contributed by atoms with van der Waals surface area (Å²) in [5.41, 5.74) is 2.16. The Morgan fingerprint density at radius 3 is 2.84 bits per heavy atom. The topological polar surface area (TPSA) is 58.9 Å². The van der Waals surface area contributed by atoms with Crippen molar-refractivity contribution < 1.29 is 14.6 Å². The first-order valence-electron chi connectivity index (χ1n) is 5.96. The van der Waals surface area contributed by atoms with Crippen LogP contribution in [0.1, 0.15) is 24.3 Å². The highest BCUT2D eigenvalue weighted by Gasteiger charge is 2.27. The number of carbonyl (C=O) groups is 1. The van der Waals surface area contributed by atoms with Gasteiger partial charge in [0.25, 0.3) is 0 Å². The molecule has 2 heterocycles. The van der Waals surface area contributed by atoms with Crippen molar-refractivity contribution >= 4 is 29.1 Å². The number of rotatable bonds is 3. The van der Waals surface area contributed by atoms with Gasteiger partial charge in [-0.2, -0.15) is 0 Å². The van der Waals surface area contributed by atoms with Crippen LogP contribution in [0.25, 0.3) is 6.08 Å². The van der Waals surface area contributed by atoms with Gasteiger partial charge in [0, 0.05) is 4.88 Å². The van der Waals surface area contributed by atoms with Crippen LogP contribution in [-0.2, 0) is 9.53 Å². The molecule has 0 saturated carbocycles. The van der Waals surface area contributed by atoms with Gasteiger partial charge in [-0.25, -0.2) is 9.79 Å². The van der Waals surface area contributed by atoms with Crippen molar-refractivity contribution in [1.82, 2.24) is 0 Å². The van der Waals surface area contributed by atoms with Gasteiger partial charge in [0.15, 0.2) is 5.76 Å². The van der Waals surface area contributed by atoms with E-state index >= 15 is 0 Å². The van der Waals surface area contributed by atoms with Crippen LogP contribution in [0.3, 0.4) is 0 Å². The van der Waals surface area contributed by atoms with E-state index in [9.17, 15) is 9.90 Å². The summed E-state index contributed by atoms with van der Waals surface area (Å²) in [6.45, 7) is 5.67. The van der Waals surface area contributed by atoms with Crippen molar-refractivity contribution in [3.05, 3.63) is 38.9 Å². The number of aliphatic hydroxyl groups excluding tert-OH is 1. The number of esters is 1. The quantitative estimate of drug-likeness (QED) is 0.863. The standard InChI is InChI=1S/C14H15NO3S/c1-4-18-14(17)12-9(3)15-10(13(12)16)7-11-8(2)5-6-19-11/h5-7,16H,4H2,1-3H3/b10-7+. The molecular weight excluding hydrogens is 262 g/mol. The Balaban J connectivity index is 2.39. The lowest BCUT2D eigenvalue weighted by atomic mass is 10.1. The van der Waals surface area contributed by atoms with Gasteiger partial charge in [-0.1, -0.05) is 0 Å². The van der Waals surface area contributed by atoms with E-state index in [0.29, 0.717) is 11.4 Å². The Bertz CT molecular complexity index is 608. The molecule has 100 valence electrons. The minimum absolute atomic E-state index is 0.108. The first kappa shape index (κ1) is 13.5. The number of ether oxygens (including phenoxy) is 1. The van der Waals surface area contributed by atoms with Gasteiger partial charge in [-0.15, -0.1) is 11.3 Å². The number of nitrogens with zero attached hydrogens (tertiary/aromatic N) is 1. The minimum Gasteiger partial charge on any atom is -0.505 e. The smallest absolute Gasteiger partial charge is 0.343 e. The fraction of sp³-hybridized carbons (Fsp3) is 0.286. The number of hydrogen-bond donors (Lipinski definition) is 1. The lowest BCUT2D eigenvalue weighted by Gasteiger charge is -2.02. The summed E-state index contributed by atoms with van der Waals surface area (Å²) >= 11 is 1.56. The number of aliphatic hydroxyl groups is 1. The molecule has 0 atom stereocenters. The SMILES string of the molecule is CCOC(=O)C1=C(O)/C(=C\c2sccc2C)N=C1C. The van der Waals surface area contributed by atoms with Crippen molar-refractivity contribution in [1.29, 1.82) is 0 Å². The van der Waals surface area contributed by atoms with Gasteiger partial charge in [-0.3, -0.25) is 0 Å². The monoisotopic (exact) mass is 277 g/mol. The molecule has 2 rings (SSSR count). The van der Waals surface area contributed by atoms with Crippen LogP contribution >= 0.6 is 11.3 Å². The first-order valence-corrected chi connectivity index (χ1v) is 6.84. The van der Waals surface area contributed by atoms with Crippen molar-refractivity contribution in [3.63, 3.8) is 0 Å². The molecule has 1 aromatic heterocycles. The summed E-state index contributed by atoms with van der Waals surface area (Å²) < 4.78 is 4.91. The second-order valence-corrected chi connectivity index (χ2v) is 5.09. The Labute approximate surface area is 115 Å². The lowest BCUT2D eigenvalue weighted by Crippen LogP contribution is -2.13. The maximum atomic E-state index is 11.7. The van der Waals surface area contributed by atoms with Crippen LogP contribution in [0.2, 0.25) is 0 Å². The molecule has 1 N–H and O–H groups in total. The molecule has 5 heteroatoms. The zero-order valence-electron chi connectivity index (χ0n) is 11.1. The third-order valence-corrected chi connectivity index (χ3v) is 3.74. The lowest BCUT2D eigenvalue weighted by molar-refractivity contribution is -0.138. The highest BCUT2D eigenvalue weighted by Crippen LogP contribution is 2.28. The number of thiophene rings is 1. The molecule has 1 aliphatic heterocycles. The predicted octanol–water partition coefficient (Wildman–Crippen LogP) is 3.25. The number of hydrogen-bond acceptors (Lipinski definition) is 5. The summed E-state index contributed by atoms with van der Waals surface area (Å²) in [5.74, 6) is -0.642. The van der Waals surface area contributed by atoms with Crippen molar-refractivity contribution in [2.45, 2.75) is 20.8 Å². The van der Waals surface area contributed by atoms with Gasteiger partial charge < -0.3 is 9.84 Å². The average molecular weight is 277 g/mol. The van der Waals surface area contributed by atoms with Crippen LogP contribution in [0.5, 0.6) is 0 Å². The minimum atomic E-state index is -0.535. The molecule has 0 radical (unpaired) electrons. The Kier molecular flexibility index (Phi) is 3.85. The van der Waals surface area contributed by atoms with E-state index in [1.165, 1.54) is 0 Å². The molecule has 0 amide bonds. The third kappa shape index (κ3) is 2.61. The van der Waals surface area contributed by atoms with E-state index in [1.807, 2.05) is 18.4 Å². The van der Waals surface area contributed by atoms with Crippen LogP contribution in [0.15, 0.2) is 33.5 Å². The van der Waals surface area contributed by atoms with Crippen molar-refractivity contribution in [3.8, 4) is 0 Å². The summed E-state index contributed by atoms with van der Waals surface area (Å²) in [6, 6.07) is 2.00. The zero-order chi connectivity index (χ0) is 14.0. The van der Waals surface area contributed by atoms with Crippen molar-refractivity contribution in [2.24, 2.45) is 4.99 Å². The van der Waals surface area contributed by atoms with E-state index in [1.54, 1.807) is 31.3 Å². The van der Waals surface area contributed by atoms with Gasteiger partial charge in [0.1, 0.15) is 11.3 Å². The molecule has 1 aromatic rings. The molecule has 4 nitrogen and oxygen atoms in total. The predicted molar refractivity (Wildman–Crippen MR) is 76.4 cm³/mol. The summed E-state index contributed by atoms with van der Waals surface area (Å²) in [7, 11) is 0. The molecule has 1 aliphatic rings. The summed E-state index contributed by atoms with van der Waals surface area (Å²) in [6.07, 6.45) is 1.78. The number of aryl methyl sites for hydroxylation is 1. The zero-order valence-corrected chi connectivity index (χ0v) is 11.9. The molecule has 0 aliphatic carbocycles. The largest absolute Gasteiger partial charge is 0.505 e. The Morgan fingerprint density at radius 1 is 1.53 bits per heavy atom. The normalized spacial score (nSPS) is 17.0. The molecular formula is C14H15NO3S. The molecule has 0 aromatic carbocycles. The second kappa shape index (κ2) is 5.40. The maximum Gasteiger partial charge on any atom is 0.343 e. The van der Waals surface area contributed by atoms with Gasteiger partial charge in [0.2, 0.25) is 0 Å². The van der Waals surface area contributed by atoms with Crippen molar-refractivity contribution in [2.75, 3.05) is 6.61 Å². The van der Waals surface area contributed by atoms with Gasteiger partial charge in [-0.05, 0) is 43.9 Å². The van der Waals surface area contributed by atoms with Crippen LogP contribution in [-0.4, -0.2) is 23.4 Å². The average Bonchev–Trinajstić information content (AvgIpc) is 2.86. The van der Waals surface area contributed by atoms with E-state index in [0.717, 1.165) is 10.4 Å². The van der Waals surface area contributed by atoms with E-state index in [2.05, 4.69) is 4.99 Å². The molecule has 0 fully saturated rings.